The summed E-state index contributed by atoms with van der Waals surface area (Å²) >= 11 is 0. The van der Waals surface area contributed by atoms with Gasteiger partial charge in [0.05, 0.1) is 22.1 Å². The van der Waals surface area contributed by atoms with E-state index in [4.69, 9.17) is 4.42 Å². The van der Waals surface area contributed by atoms with Crippen molar-refractivity contribution < 1.29 is 4.42 Å². The average molecular weight is 549 g/mol. The summed E-state index contributed by atoms with van der Waals surface area (Å²) in [5.41, 5.74) is 8.85. The Morgan fingerprint density at radius 2 is 0.860 bits per heavy atom. The van der Waals surface area contributed by atoms with E-state index in [0.29, 0.717) is 0 Å². The highest BCUT2D eigenvalue weighted by molar-refractivity contribution is 6.21. The summed E-state index contributed by atoms with van der Waals surface area (Å²) < 4.78 is 11.3. The lowest BCUT2D eigenvalue weighted by atomic mass is 10.1. The van der Waals surface area contributed by atoms with E-state index < -0.39 is 0 Å². The number of hydrogen-bond donors (Lipinski definition) is 0. The number of hydrogen-bond acceptors (Lipinski definition) is 1. The first-order valence-electron chi connectivity index (χ1n) is 14.7. The molecule has 200 valence electrons. The smallest absolute Gasteiger partial charge is 0.160 e. The molecule has 0 saturated heterocycles. The zero-order valence-electron chi connectivity index (χ0n) is 23.2. The van der Waals surface area contributed by atoms with Crippen molar-refractivity contribution in [1.82, 2.24) is 9.13 Å². The summed E-state index contributed by atoms with van der Waals surface area (Å²) in [4.78, 5) is 0. The van der Waals surface area contributed by atoms with Gasteiger partial charge in [0, 0.05) is 43.7 Å². The molecule has 0 spiro atoms. The van der Waals surface area contributed by atoms with Gasteiger partial charge in [0.1, 0.15) is 5.58 Å². The van der Waals surface area contributed by atoms with Crippen LogP contribution in [0.2, 0.25) is 0 Å². The van der Waals surface area contributed by atoms with Gasteiger partial charge in [-0.2, -0.15) is 0 Å². The third kappa shape index (κ3) is 3.08. The van der Waals surface area contributed by atoms with Crippen LogP contribution in [0.3, 0.4) is 0 Å². The minimum atomic E-state index is 0.915. The fraction of sp³-hybridized carbons (Fsp3) is 0. The summed E-state index contributed by atoms with van der Waals surface area (Å²) in [5.74, 6) is 0. The fourth-order valence-electron chi connectivity index (χ4n) is 7.20. The normalized spacial score (nSPS) is 12.2. The average Bonchev–Trinajstić information content (AvgIpc) is 3.72. The highest BCUT2D eigenvalue weighted by Crippen LogP contribution is 2.41. The second-order valence-corrected chi connectivity index (χ2v) is 11.4. The van der Waals surface area contributed by atoms with Crippen LogP contribution in [0.15, 0.2) is 150 Å². The molecule has 0 bridgehead atoms. The van der Waals surface area contributed by atoms with Crippen LogP contribution in [-0.2, 0) is 0 Å². The van der Waals surface area contributed by atoms with Gasteiger partial charge in [-0.3, -0.25) is 0 Å². The van der Waals surface area contributed by atoms with E-state index >= 15 is 0 Å². The topological polar surface area (TPSA) is 23.0 Å². The highest BCUT2D eigenvalue weighted by Gasteiger charge is 2.19. The third-order valence-electron chi connectivity index (χ3n) is 9.08. The van der Waals surface area contributed by atoms with Crippen molar-refractivity contribution in [2.45, 2.75) is 0 Å². The van der Waals surface area contributed by atoms with E-state index in [1.165, 1.54) is 54.6 Å². The maximum atomic E-state index is 6.55. The predicted molar refractivity (Wildman–Crippen MR) is 180 cm³/mol. The highest BCUT2D eigenvalue weighted by atomic mass is 16.3. The van der Waals surface area contributed by atoms with Crippen LogP contribution in [0, 0.1) is 0 Å². The maximum Gasteiger partial charge on any atom is 0.160 e. The summed E-state index contributed by atoms with van der Waals surface area (Å²) in [5, 5.41) is 9.66. The number of nitrogens with zero attached hydrogens (tertiary/aromatic N) is 2. The van der Waals surface area contributed by atoms with Gasteiger partial charge in [0.2, 0.25) is 0 Å². The molecule has 0 amide bonds. The molecule has 3 nitrogen and oxygen atoms in total. The molecule has 10 rings (SSSR count). The fourth-order valence-corrected chi connectivity index (χ4v) is 7.20. The molecule has 0 aliphatic heterocycles. The molecule has 0 aliphatic carbocycles. The molecule has 0 N–H and O–H groups in total. The molecule has 0 radical (unpaired) electrons. The second kappa shape index (κ2) is 8.37. The molecular weight excluding hydrogens is 524 g/mol. The van der Waals surface area contributed by atoms with Gasteiger partial charge in [-0.1, -0.05) is 91.0 Å². The third-order valence-corrected chi connectivity index (χ3v) is 9.08. The van der Waals surface area contributed by atoms with Gasteiger partial charge in [-0.15, -0.1) is 0 Å². The first-order chi connectivity index (χ1) is 21.3. The van der Waals surface area contributed by atoms with E-state index in [-0.39, 0.29) is 0 Å². The molecular formula is C40H24N2O. The van der Waals surface area contributed by atoms with E-state index in [1.54, 1.807) is 0 Å². The van der Waals surface area contributed by atoms with Gasteiger partial charge in [-0.25, -0.2) is 0 Å². The Hall–Kier alpha value is -5.80. The maximum absolute atomic E-state index is 6.55. The van der Waals surface area contributed by atoms with Crippen LogP contribution < -0.4 is 0 Å². The summed E-state index contributed by atoms with van der Waals surface area (Å²) in [6.07, 6.45) is 0. The molecule has 3 heterocycles. The molecule has 3 aromatic heterocycles. The Balaban J connectivity index is 1.22. The Kier molecular flexibility index (Phi) is 4.45. The van der Waals surface area contributed by atoms with Crippen LogP contribution in [-0.4, -0.2) is 9.13 Å². The van der Waals surface area contributed by atoms with Crippen LogP contribution in [0.1, 0.15) is 0 Å². The first-order valence-corrected chi connectivity index (χ1v) is 14.7. The zero-order chi connectivity index (χ0) is 28.1. The van der Waals surface area contributed by atoms with Crippen LogP contribution in [0.5, 0.6) is 0 Å². The number of benzene rings is 7. The first kappa shape index (κ1) is 22.8. The minimum Gasteiger partial charge on any atom is -0.454 e. The van der Waals surface area contributed by atoms with Crippen molar-refractivity contribution in [2.75, 3.05) is 0 Å². The standard InChI is InChI=1S/C40H24N2O/c1-5-13-35-29(9-1)30-10-2-6-14-36(30)41(35)27-19-17-26-24-28(20-18-25(26)23-27)42-37-15-7-3-11-31(37)33-21-22-34-32-12-4-8-16-38(32)43-40(34)39(33)42/h1-24H. The SMILES string of the molecule is c1ccc2c(c1)oc1c2ccc2c3ccccc3n(-c3ccc4cc(-n5c6ccccc6c6ccccc65)ccc4c3)c21. The van der Waals surface area contributed by atoms with Gasteiger partial charge < -0.3 is 13.6 Å². The minimum absolute atomic E-state index is 0.915. The molecule has 43 heavy (non-hydrogen) atoms. The van der Waals surface area contributed by atoms with Gasteiger partial charge in [-0.05, 0) is 65.4 Å². The largest absolute Gasteiger partial charge is 0.454 e. The molecule has 10 aromatic rings. The summed E-state index contributed by atoms with van der Waals surface area (Å²) in [6, 6.07) is 52.4. The van der Waals surface area contributed by atoms with Crippen molar-refractivity contribution in [1.29, 1.82) is 0 Å². The Labute approximate surface area is 246 Å². The number of furan rings is 1. The zero-order valence-corrected chi connectivity index (χ0v) is 23.2. The molecule has 0 atom stereocenters. The van der Waals surface area contributed by atoms with Gasteiger partial charge in [0.15, 0.2) is 5.58 Å². The van der Waals surface area contributed by atoms with E-state index in [2.05, 4.69) is 149 Å². The van der Waals surface area contributed by atoms with E-state index in [1.807, 2.05) is 6.07 Å². The van der Waals surface area contributed by atoms with Crippen molar-refractivity contribution in [2.24, 2.45) is 0 Å². The lowest BCUT2D eigenvalue weighted by Gasteiger charge is -2.12. The Morgan fingerprint density at radius 1 is 0.372 bits per heavy atom. The van der Waals surface area contributed by atoms with E-state index in [0.717, 1.165) is 33.1 Å². The van der Waals surface area contributed by atoms with Crippen molar-refractivity contribution in [3.8, 4) is 11.4 Å². The van der Waals surface area contributed by atoms with Crippen LogP contribution in [0.25, 0.3) is 87.7 Å². The molecule has 0 saturated carbocycles. The molecule has 0 aliphatic rings. The molecule has 3 heteroatoms. The Bertz CT molecular complexity index is 2680. The second-order valence-electron chi connectivity index (χ2n) is 11.4. The summed E-state index contributed by atoms with van der Waals surface area (Å²) in [7, 11) is 0. The molecule has 0 fully saturated rings. The Morgan fingerprint density at radius 3 is 1.51 bits per heavy atom. The lowest BCUT2D eigenvalue weighted by Crippen LogP contribution is -1.96. The predicted octanol–water partition coefficient (Wildman–Crippen LogP) is 10.9. The van der Waals surface area contributed by atoms with Crippen molar-refractivity contribution >= 4 is 76.3 Å². The molecule has 7 aromatic carbocycles. The molecule has 0 unspecified atom stereocenters. The van der Waals surface area contributed by atoms with Crippen molar-refractivity contribution in [3.05, 3.63) is 146 Å². The number of aromatic nitrogens is 2. The van der Waals surface area contributed by atoms with Crippen LogP contribution >= 0.6 is 0 Å². The van der Waals surface area contributed by atoms with Crippen molar-refractivity contribution in [3.63, 3.8) is 0 Å². The van der Waals surface area contributed by atoms with E-state index in [9.17, 15) is 0 Å². The van der Waals surface area contributed by atoms with Gasteiger partial charge >= 0.3 is 0 Å². The number of rotatable bonds is 2. The van der Waals surface area contributed by atoms with Crippen LogP contribution in [0.4, 0.5) is 0 Å². The number of para-hydroxylation sites is 4. The summed E-state index contributed by atoms with van der Waals surface area (Å²) in [6.45, 7) is 0. The monoisotopic (exact) mass is 548 g/mol. The lowest BCUT2D eigenvalue weighted by molar-refractivity contribution is 0.671. The quantitative estimate of drug-likeness (QED) is 0.211. The number of fused-ring (bicyclic) bond motifs is 11. The van der Waals surface area contributed by atoms with Gasteiger partial charge in [0.25, 0.3) is 0 Å².